The van der Waals surface area contributed by atoms with Crippen molar-refractivity contribution in [3.8, 4) is 0 Å². The summed E-state index contributed by atoms with van der Waals surface area (Å²) in [5, 5.41) is 9.85. The molecule has 0 spiro atoms. The van der Waals surface area contributed by atoms with Gasteiger partial charge in [0.05, 0.1) is 6.10 Å². The molecule has 1 atom stereocenters. The number of nitrogens with zero attached hydrogens (tertiary/aromatic N) is 1. The van der Waals surface area contributed by atoms with Gasteiger partial charge in [0.15, 0.2) is 0 Å². The largest absolute Gasteiger partial charge is 0.391 e. The summed E-state index contributed by atoms with van der Waals surface area (Å²) in [6.45, 7) is 4.89. The van der Waals surface area contributed by atoms with E-state index in [1.54, 1.807) is 0 Å². The van der Waals surface area contributed by atoms with Crippen LogP contribution in [0.4, 0.5) is 0 Å². The first-order chi connectivity index (χ1) is 6.99. The molecule has 0 bridgehead atoms. The van der Waals surface area contributed by atoms with Crippen LogP contribution < -0.4 is 0 Å². The van der Waals surface area contributed by atoms with Crippen LogP contribution in [0.15, 0.2) is 18.2 Å². The normalized spacial score (nSPS) is 13.2. The number of aryl methyl sites for hydroxylation is 2. The summed E-state index contributed by atoms with van der Waals surface area (Å²) < 4.78 is 0. The minimum absolute atomic E-state index is 0.277. The molecule has 0 saturated heterocycles. The minimum atomic E-state index is -0.277. The van der Waals surface area contributed by atoms with Gasteiger partial charge in [0.2, 0.25) is 0 Å². The number of hydrogen-bond donors (Lipinski definition) is 1. The van der Waals surface area contributed by atoms with E-state index >= 15 is 0 Å². The molecule has 0 saturated carbocycles. The lowest BCUT2D eigenvalue weighted by atomic mass is 10.00. The Kier molecular flexibility index (Phi) is 4.30. The van der Waals surface area contributed by atoms with Crippen LogP contribution in [-0.4, -0.2) is 36.8 Å². The standard InChI is InChI=1S/C13H21NO/c1-10-5-6-11(2)12(7-10)8-13(15)9-14(3)4/h5-7,13,15H,8-9H2,1-4H3. The summed E-state index contributed by atoms with van der Waals surface area (Å²) in [6.07, 6.45) is 0.464. The molecule has 1 aromatic rings. The van der Waals surface area contributed by atoms with Crippen LogP contribution in [0.3, 0.4) is 0 Å². The molecule has 0 radical (unpaired) electrons. The smallest absolute Gasteiger partial charge is 0.0707 e. The third-order valence-corrected chi connectivity index (χ3v) is 2.54. The first-order valence-corrected chi connectivity index (χ1v) is 5.38. The molecule has 0 aromatic heterocycles. The summed E-state index contributed by atoms with van der Waals surface area (Å²) in [6, 6.07) is 6.39. The van der Waals surface area contributed by atoms with Crippen LogP contribution in [-0.2, 0) is 6.42 Å². The molecule has 84 valence electrons. The maximum atomic E-state index is 9.85. The lowest BCUT2D eigenvalue weighted by Crippen LogP contribution is -2.27. The third-order valence-electron chi connectivity index (χ3n) is 2.54. The maximum Gasteiger partial charge on any atom is 0.0707 e. The van der Waals surface area contributed by atoms with Gasteiger partial charge in [-0.3, -0.25) is 0 Å². The van der Waals surface area contributed by atoms with Crippen LogP contribution in [0.1, 0.15) is 16.7 Å². The van der Waals surface area contributed by atoms with E-state index < -0.39 is 0 Å². The monoisotopic (exact) mass is 207 g/mol. The Bertz CT molecular complexity index is 320. The van der Waals surface area contributed by atoms with Crippen molar-refractivity contribution in [3.63, 3.8) is 0 Å². The maximum absolute atomic E-state index is 9.85. The fraction of sp³-hybridized carbons (Fsp3) is 0.538. The molecule has 15 heavy (non-hydrogen) atoms. The van der Waals surface area contributed by atoms with Crippen molar-refractivity contribution in [2.45, 2.75) is 26.4 Å². The van der Waals surface area contributed by atoms with Crippen molar-refractivity contribution >= 4 is 0 Å². The second kappa shape index (κ2) is 5.29. The van der Waals surface area contributed by atoms with E-state index in [1.807, 2.05) is 19.0 Å². The van der Waals surface area contributed by atoms with Crippen LogP contribution in [0.25, 0.3) is 0 Å². The highest BCUT2D eigenvalue weighted by Crippen LogP contribution is 2.13. The Balaban J connectivity index is 2.67. The van der Waals surface area contributed by atoms with Crippen molar-refractivity contribution in [2.75, 3.05) is 20.6 Å². The number of aliphatic hydroxyl groups is 1. The van der Waals surface area contributed by atoms with Gasteiger partial charge in [0.25, 0.3) is 0 Å². The van der Waals surface area contributed by atoms with Gasteiger partial charge >= 0.3 is 0 Å². The Hall–Kier alpha value is -0.860. The summed E-state index contributed by atoms with van der Waals surface area (Å²) in [4.78, 5) is 2.01. The number of benzene rings is 1. The Morgan fingerprint density at radius 2 is 1.93 bits per heavy atom. The van der Waals surface area contributed by atoms with Gasteiger partial charge in [-0.05, 0) is 45.5 Å². The van der Waals surface area contributed by atoms with Crippen molar-refractivity contribution in [3.05, 3.63) is 34.9 Å². The van der Waals surface area contributed by atoms with Crippen molar-refractivity contribution in [2.24, 2.45) is 0 Å². The highest BCUT2D eigenvalue weighted by Gasteiger charge is 2.08. The number of hydrogen-bond acceptors (Lipinski definition) is 2. The van der Waals surface area contributed by atoms with E-state index in [4.69, 9.17) is 0 Å². The van der Waals surface area contributed by atoms with Gasteiger partial charge in [-0.2, -0.15) is 0 Å². The third kappa shape index (κ3) is 4.02. The van der Waals surface area contributed by atoms with Gasteiger partial charge < -0.3 is 10.0 Å². The molecule has 0 amide bonds. The molecule has 0 heterocycles. The molecule has 0 fully saturated rings. The quantitative estimate of drug-likeness (QED) is 0.813. The van der Waals surface area contributed by atoms with E-state index in [1.165, 1.54) is 16.7 Å². The zero-order chi connectivity index (χ0) is 11.4. The molecule has 1 unspecified atom stereocenters. The van der Waals surface area contributed by atoms with Gasteiger partial charge in [-0.1, -0.05) is 23.8 Å². The molecule has 0 aliphatic carbocycles. The highest BCUT2D eigenvalue weighted by molar-refractivity contribution is 5.30. The predicted molar refractivity (Wildman–Crippen MR) is 64.2 cm³/mol. The average molecular weight is 207 g/mol. The number of rotatable bonds is 4. The van der Waals surface area contributed by atoms with E-state index in [0.29, 0.717) is 6.54 Å². The Morgan fingerprint density at radius 1 is 1.27 bits per heavy atom. The van der Waals surface area contributed by atoms with Gasteiger partial charge in [0, 0.05) is 6.54 Å². The van der Waals surface area contributed by atoms with Gasteiger partial charge in [0.1, 0.15) is 0 Å². The van der Waals surface area contributed by atoms with Crippen LogP contribution in [0, 0.1) is 13.8 Å². The Morgan fingerprint density at radius 3 is 2.53 bits per heavy atom. The molecule has 1 rings (SSSR count). The summed E-state index contributed by atoms with van der Waals surface area (Å²) in [7, 11) is 3.96. The lowest BCUT2D eigenvalue weighted by Gasteiger charge is -2.17. The molecule has 2 heteroatoms. The topological polar surface area (TPSA) is 23.5 Å². The van der Waals surface area contributed by atoms with Crippen LogP contribution >= 0.6 is 0 Å². The second-order valence-electron chi connectivity index (χ2n) is 4.55. The van der Waals surface area contributed by atoms with E-state index in [0.717, 1.165) is 6.42 Å². The average Bonchev–Trinajstić information content (AvgIpc) is 2.10. The summed E-state index contributed by atoms with van der Waals surface area (Å²) >= 11 is 0. The first-order valence-electron chi connectivity index (χ1n) is 5.38. The van der Waals surface area contributed by atoms with Crippen LogP contribution in [0.2, 0.25) is 0 Å². The molecular formula is C13H21NO. The lowest BCUT2D eigenvalue weighted by molar-refractivity contribution is 0.137. The molecule has 0 aliphatic rings. The fourth-order valence-electron chi connectivity index (χ4n) is 1.76. The van der Waals surface area contributed by atoms with Crippen molar-refractivity contribution in [1.82, 2.24) is 4.90 Å². The van der Waals surface area contributed by atoms with Gasteiger partial charge in [-0.15, -0.1) is 0 Å². The highest BCUT2D eigenvalue weighted by atomic mass is 16.3. The molecule has 0 aliphatic heterocycles. The number of likely N-dealkylation sites (N-methyl/N-ethyl adjacent to an activating group) is 1. The van der Waals surface area contributed by atoms with Crippen molar-refractivity contribution in [1.29, 1.82) is 0 Å². The SMILES string of the molecule is Cc1ccc(C)c(CC(O)CN(C)C)c1. The minimum Gasteiger partial charge on any atom is -0.391 e. The molecule has 1 N–H and O–H groups in total. The molecule has 2 nitrogen and oxygen atoms in total. The summed E-state index contributed by atoms with van der Waals surface area (Å²) in [5.41, 5.74) is 3.77. The second-order valence-corrected chi connectivity index (χ2v) is 4.55. The zero-order valence-electron chi connectivity index (χ0n) is 10.1. The van der Waals surface area contributed by atoms with Crippen LogP contribution in [0.5, 0.6) is 0 Å². The fourth-order valence-corrected chi connectivity index (χ4v) is 1.76. The zero-order valence-corrected chi connectivity index (χ0v) is 10.1. The summed E-state index contributed by atoms with van der Waals surface area (Å²) in [5.74, 6) is 0. The predicted octanol–water partition coefficient (Wildman–Crippen LogP) is 1.77. The molecular weight excluding hydrogens is 186 g/mol. The van der Waals surface area contributed by atoms with Crippen molar-refractivity contribution < 1.29 is 5.11 Å². The van der Waals surface area contributed by atoms with E-state index in [9.17, 15) is 5.11 Å². The number of aliphatic hydroxyl groups excluding tert-OH is 1. The molecule has 1 aromatic carbocycles. The van der Waals surface area contributed by atoms with Gasteiger partial charge in [-0.25, -0.2) is 0 Å². The van der Waals surface area contributed by atoms with E-state index in [2.05, 4.69) is 32.0 Å². The Labute approximate surface area is 92.5 Å². The first kappa shape index (κ1) is 12.2. The van der Waals surface area contributed by atoms with E-state index in [-0.39, 0.29) is 6.10 Å².